The van der Waals surface area contributed by atoms with Gasteiger partial charge in [-0.2, -0.15) is 0 Å². The minimum atomic E-state index is -0.656. The highest BCUT2D eigenvalue weighted by Gasteiger charge is 2.32. The van der Waals surface area contributed by atoms with Crippen molar-refractivity contribution in [1.82, 2.24) is 15.0 Å². The predicted octanol–water partition coefficient (Wildman–Crippen LogP) is 3.98. The van der Waals surface area contributed by atoms with E-state index in [9.17, 15) is 5.11 Å². The summed E-state index contributed by atoms with van der Waals surface area (Å²) in [5, 5.41) is 12.0. The van der Waals surface area contributed by atoms with Crippen molar-refractivity contribution in [3.05, 3.63) is 53.6 Å². The van der Waals surface area contributed by atoms with Crippen LogP contribution in [0, 0.1) is 18.3 Å². The summed E-state index contributed by atoms with van der Waals surface area (Å²) in [7, 11) is 0. The normalized spacial score (nSPS) is 20.8. The van der Waals surface area contributed by atoms with Gasteiger partial charge in [0.2, 0.25) is 0 Å². The van der Waals surface area contributed by atoms with Crippen LogP contribution in [-0.2, 0) is 4.74 Å². The number of terminal acetylenes is 1. The molecular formula is C28H34N4O2. The van der Waals surface area contributed by atoms with Crippen LogP contribution in [0.1, 0.15) is 59.1 Å². The van der Waals surface area contributed by atoms with Crippen molar-refractivity contribution in [2.75, 3.05) is 0 Å². The van der Waals surface area contributed by atoms with Crippen molar-refractivity contribution in [2.24, 2.45) is 10.9 Å². The van der Waals surface area contributed by atoms with Gasteiger partial charge in [0, 0.05) is 18.0 Å². The van der Waals surface area contributed by atoms with Crippen molar-refractivity contribution >= 4 is 23.6 Å². The maximum absolute atomic E-state index is 10.2. The second-order valence-corrected chi connectivity index (χ2v) is 9.14. The molecule has 6 heteroatoms. The Kier molecular flexibility index (Phi) is 8.25. The lowest BCUT2D eigenvalue weighted by Gasteiger charge is -2.35. The molecule has 0 saturated heterocycles. The monoisotopic (exact) mass is 458 g/mol. The zero-order valence-corrected chi connectivity index (χ0v) is 20.5. The molecule has 0 bridgehead atoms. The zero-order chi connectivity index (χ0) is 24.7. The minimum absolute atomic E-state index is 0.0290. The largest absolute Gasteiger partial charge is 0.468 e. The van der Waals surface area contributed by atoms with Crippen LogP contribution in [0.15, 0.2) is 42.2 Å². The third kappa shape index (κ3) is 6.33. The molecule has 0 aromatic carbocycles. The van der Waals surface area contributed by atoms with E-state index in [0.717, 1.165) is 59.0 Å². The molecule has 0 radical (unpaired) electrons. The number of ether oxygens (including phenoxy) is 1. The van der Waals surface area contributed by atoms with Gasteiger partial charge in [-0.1, -0.05) is 18.7 Å². The number of allylic oxidation sites excluding steroid dienone is 2. The van der Waals surface area contributed by atoms with E-state index in [4.69, 9.17) is 11.2 Å². The summed E-state index contributed by atoms with van der Waals surface area (Å²) in [6.07, 6.45) is 18.3. The van der Waals surface area contributed by atoms with E-state index in [0.29, 0.717) is 0 Å². The summed E-state index contributed by atoms with van der Waals surface area (Å²) in [4.78, 5) is 16.9. The standard InChI is InChI=1S/C28H34N4O2/c1-7-10-25-23(8-2)31-27(32-25)20-11-16-24(29-18-20)19(4)17-30-26(9-3)34-22-14-12-21(13-15-22)28(5,6)33/h3,7-8,10-11,16-18,21-22,33H,1,12-15H2,2,4-6H3,(H,31,32)/b19-17+,23-8+,25-10+,30-26?. The van der Waals surface area contributed by atoms with E-state index in [-0.39, 0.29) is 17.9 Å². The van der Waals surface area contributed by atoms with E-state index in [2.05, 4.69) is 32.4 Å². The molecule has 0 amide bonds. The van der Waals surface area contributed by atoms with Crippen molar-refractivity contribution in [3.63, 3.8) is 0 Å². The van der Waals surface area contributed by atoms with Gasteiger partial charge in [0.15, 0.2) is 0 Å². The van der Waals surface area contributed by atoms with E-state index in [1.54, 1.807) is 18.5 Å². The average Bonchev–Trinajstić information content (AvgIpc) is 3.24. The maximum Gasteiger partial charge on any atom is 0.268 e. The number of nitrogens with one attached hydrogen (secondary N) is 1. The van der Waals surface area contributed by atoms with E-state index >= 15 is 0 Å². The molecule has 6 nitrogen and oxygen atoms in total. The summed E-state index contributed by atoms with van der Waals surface area (Å²) in [6, 6.07) is 3.90. The van der Waals surface area contributed by atoms with Crippen molar-refractivity contribution in [1.29, 1.82) is 0 Å². The number of aromatic amines is 1. The lowest BCUT2D eigenvalue weighted by atomic mass is 9.78. The molecule has 2 aromatic heterocycles. The molecule has 2 N–H and O–H groups in total. The first kappa shape index (κ1) is 25.2. The number of pyridine rings is 1. The lowest BCUT2D eigenvalue weighted by molar-refractivity contribution is -0.0165. The smallest absolute Gasteiger partial charge is 0.268 e. The Morgan fingerprint density at radius 2 is 2.06 bits per heavy atom. The molecule has 1 fully saturated rings. The van der Waals surface area contributed by atoms with E-state index in [1.807, 2.05) is 52.0 Å². The number of aliphatic imine (C=N–C) groups is 1. The Hall–Kier alpha value is -3.43. The van der Waals surface area contributed by atoms with E-state index < -0.39 is 5.60 Å². The van der Waals surface area contributed by atoms with Gasteiger partial charge in [0.25, 0.3) is 5.90 Å². The highest BCUT2D eigenvalue weighted by Crippen LogP contribution is 2.33. The molecule has 1 aliphatic carbocycles. The number of aromatic nitrogens is 3. The van der Waals surface area contributed by atoms with Gasteiger partial charge < -0.3 is 14.8 Å². The zero-order valence-electron chi connectivity index (χ0n) is 20.5. The van der Waals surface area contributed by atoms with Gasteiger partial charge in [-0.15, -0.1) is 6.42 Å². The molecular weight excluding hydrogens is 424 g/mol. The molecule has 0 atom stereocenters. The number of hydrogen-bond donors (Lipinski definition) is 2. The number of imidazole rings is 1. The molecule has 0 unspecified atom stereocenters. The SMILES string of the molecule is C#CC(=N/C=C(\C)c1ccc(-c2nc(=C/C)/c(=C\C=C)[nH]2)cn1)OC1CCC(C(C)(C)O)CC1. The molecule has 0 spiro atoms. The second-order valence-electron chi connectivity index (χ2n) is 9.14. The van der Waals surface area contributed by atoms with Crippen LogP contribution in [0.4, 0.5) is 0 Å². The first-order valence-electron chi connectivity index (χ1n) is 11.7. The molecule has 1 aliphatic rings. The maximum atomic E-state index is 10.2. The Bertz CT molecular complexity index is 1210. The number of hydrogen-bond acceptors (Lipinski definition) is 5. The van der Waals surface area contributed by atoms with Crippen LogP contribution in [0.3, 0.4) is 0 Å². The molecule has 0 aliphatic heterocycles. The molecule has 178 valence electrons. The molecule has 1 saturated carbocycles. The fraction of sp³-hybridized carbons (Fsp3) is 0.393. The quantitative estimate of drug-likeness (QED) is 0.390. The summed E-state index contributed by atoms with van der Waals surface area (Å²) in [5.41, 5.74) is 1.90. The third-order valence-corrected chi connectivity index (χ3v) is 6.21. The van der Waals surface area contributed by atoms with Crippen molar-refractivity contribution in [2.45, 2.75) is 65.1 Å². The Morgan fingerprint density at radius 3 is 2.62 bits per heavy atom. The van der Waals surface area contributed by atoms with Gasteiger partial charge in [-0.05, 0) is 89.0 Å². The summed E-state index contributed by atoms with van der Waals surface area (Å²) in [5.74, 6) is 3.85. The van der Waals surface area contributed by atoms with Crippen LogP contribution in [0.5, 0.6) is 0 Å². The number of H-pyrrole nitrogens is 1. The Labute approximate surface area is 201 Å². The number of nitrogens with zero attached hydrogens (tertiary/aromatic N) is 3. The number of aliphatic hydroxyl groups is 1. The van der Waals surface area contributed by atoms with Gasteiger partial charge in [-0.3, -0.25) is 4.98 Å². The highest BCUT2D eigenvalue weighted by atomic mass is 16.5. The summed E-state index contributed by atoms with van der Waals surface area (Å²) < 4.78 is 5.95. The van der Waals surface area contributed by atoms with Crippen LogP contribution >= 0.6 is 0 Å². The van der Waals surface area contributed by atoms with Gasteiger partial charge >= 0.3 is 0 Å². The van der Waals surface area contributed by atoms with Crippen molar-refractivity contribution < 1.29 is 9.84 Å². The minimum Gasteiger partial charge on any atom is -0.468 e. The molecule has 2 heterocycles. The average molecular weight is 459 g/mol. The first-order valence-corrected chi connectivity index (χ1v) is 11.7. The third-order valence-electron chi connectivity index (χ3n) is 6.21. The second kappa shape index (κ2) is 11.1. The fourth-order valence-corrected chi connectivity index (χ4v) is 4.14. The van der Waals surface area contributed by atoms with Crippen LogP contribution in [0.25, 0.3) is 29.1 Å². The molecule has 34 heavy (non-hydrogen) atoms. The first-order chi connectivity index (χ1) is 16.2. The summed E-state index contributed by atoms with van der Waals surface area (Å²) >= 11 is 0. The van der Waals surface area contributed by atoms with E-state index in [1.165, 1.54) is 0 Å². The van der Waals surface area contributed by atoms with Gasteiger partial charge in [-0.25, -0.2) is 9.98 Å². The summed E-state index contributed by atoms with van der Waals surface area (Å²) in [6.45, 7) is 11.4. The van der Waals surface area contributed by atoms with Crippen LogP contribution < -0.4 is 10.7 Å². The van der Waals surface area contributed by atoms with Crippen molar-refractivity contribution in [3.8, 4) is 23.7 Å². The Morgan fingerprint density at radius 1 is 1.32 bits per heavy atom. The van der Waals surface area contributed by atoms with Gasteiger partial charge in [0.1, 0.15) is 11.9 Å². The highest BCUT2D eigenvalue weighted by molar-refractivity contribution is 5.94. The van der Waals surface area contributed by atoms with Crippen LogP contribution in [-0.4, -0.2) is 37.7 Å². The fourth-order valence-electron chi connectivity index (χ4n) is 4.14. The molecule has 3 rings (SSSR count). The predicted molar refractivity (Wildman–Crippen MR) is 139 cm³/mol. The molecule has 2 aromatic rings. The van der Waals surface area contributed by atoms with Crippen LogP contribution in [0.2, 0.25) is 0 Å². The number of rotatable bonds is 6. The lowest BCUT2D eigenvalue weighted by Crippen LogP contribution is -2.36. The van der Waals surface area contributed by atoms with Gasteiger partial charge in [0.05, 0.1) is 22.0 Å². The topological polar surface area (TPSA) is 83.4 Å². The Balaban J connectivity index is 1.68.